The second-order valence-corrected chi connectivity index (χ2v) is 5.70. The van der Waals surface area contributed by atoms with Crippen LogP contribution < -0.4 is 5.32 Å². The number of benzene rings is 2. The van der Waals surface area contributed by atoms with Gasteiger partial charge < -0.3 is 5.32 Å². The molecular formula is C18H11F2N3S. The molecule has 0 unspecified atom stereocenters. The molecule has 1 heterocycles. The molecular weight excluding hydrogens is 328 g/mol. The minimum atomic E-state index is -0.729. The minimum Gasteiger partial charge on any atom is -0.358 e. The Morgan fingerprint density at radius 2 is 1.96 bits per heavy atom. The lowest BCUT2D eigenvalue weighted by Crippen LogP contribution is -1.94. The summed E-state index contributed by atoms with van der Waals surface area (Å²) in [4.78, 5) is 4.43. The molecule has 0 aliphatic carbocycles. The normalized spacial score (nSPS) is 11.1. The Bertz CT molecular complexity index is 927. The van der Waals surface area contributed by atoms with Crippen molar-refractivity contribution in [3.05, 3.63) is 76.8 Å². The molecule has 0 saturated heterocycles. The van der Waals surface area contributed by atoms with Crippen molar-refractivity contribution in [3.63, 3.8) is 0 Å². The van der Waals surface area contributed by atoms with E-state index in [9.17, 15) is 14.0 Å². The van der Waals surface area contributed by atoms with Gasteiger partial charge in [-0.3, -0.25) is 0 Å². The number of halogens is 2. The minimum absolute atomic E-state index is 0.0870. The van der Waals surface area contributed by atoms with E-state index >= 15 is 0 Å². The zero-order valence-electron chi connectivity index (χ0n) is 12.3. The lowest BCUT2D eigenvalue weighted by atomic mass is 10.2. The molecule has 3 aromatic rings. The van der Waals surface area contributed by atoms with Crippen LogP contribution in [-0.2, 0) is 0 Å². The molecule has 0 fully saturated rings. The molecule has 0 amide bonds. The molecule has 0 bridgehead atoms. The fourth-order valence-electron chi connectivity index (χ4n) is 2.04. The SMILES string of the molecule is N#C/C(=C\Nc1ccc(F)cc1F)c1nc(-c2ccccc2)cs1. The van der Waals surface area contributed by atoms with Gasteiger partial charge in [-0.25, -0.2) is 13.8 Å². The van der Waals surface area contributed by atoms with Crippen molar-refractivity contribution in [2.45, 2.75) is 0 Å². The molecule has 0 saturated carbocycles. The Morgan fingerprint density at radius 1 is 1.17 bits per heavy atom. The van der Waals surface area contributed by atoms with Gasteiger partial charge in [0.05, 0.1) is 11.4 Å². The monoisotopic (exact) mass is 339 g/mol. The fraction of sp³-hybridized carbons (Fsp3) is 0. The van der Waals surface area contributed by atoms with Gasteiger partial charge >= 0.3 is 0 Å². The molecule has 0 aliphatic rings. The van der Waals surface area contributed by atoms with Crippen molar-refractivity contribution in [3.8, 4) is 17.3 Å². The van der Waals surface area contributed by atoms with E-state index < -0.39 is 11.6 Å². The van der Waals surface area contributed by atoms with Crippen molar-refractivity contribution < 1.29 is 8.78 Å². The van der Waals surface area contributed by atoms with E-state index in [1.165, 1.54) is 23.6 Å². The molecule has 0 spiro atoms. The van der Waals surface area contributed by atoms with E-state index in [1.54, 1.807) is 0 Å². The number of anilines is 1. The van der Waals surface area contributed by atoms with Gasteiger partial charge in [0.2, 0.25) is 0 Å². The number of rotatable bonds is 4. The van der Waals surface area contributed by atoms with Crippen LogP contribution in [0.2, 0.25) is 0 Å². The second kappa shape index (κ2) is 7.02. The van der Waals surface area contributed by atoms with Crippen LogP contribution in [0.5, 0.6) is 0 Å². The average molecular weight is 339 g/mol. The Morgan fingerprint density at radius 3 is 2.67 bits per heavy atom. The quantitative estimate of drug-likeness (QED) is 0.676. The molecule has 0 radical (unpaired) electrons. The Labute approximate surface area is 141 Å². The van der Waals surface area contributed by atoms with Gasteiger partial charge in [0.1, 0.15) is 28.3 Å². The molecule has 24 heavy (non-hydrogen) atoms. The number of aromatic nitrogens is 1. The van der Waals surface area contributed by atoms with Crippen LogP contribution in [0.15, 0.2) is 60.1 Å². The van der Waals surface area contributed by atoms with Crippen LogP contribution in [0.25, 0.3) is 16.8 Å². The number of allylic oxidation sites excluding steroid dienone is 1. The maximum absolute atomic E-state index is 13.6. The summed E-state index contributed by atoms with van der Waals surface area (Å²) in [5.41, 5.74) is 2.08. The fourth-order valence-corrected chi connectivity index (χ4v) is 2.83. The van der Waals surface area contributed by atoms with Crippen molar-refractivity contribution in [1.82, 2.24) is 4.98 Å². The van der Waals surface area contributed by atoms with Gasteiger partial charge in [0.15, 0.2) is 0 Å². The van der Waals surface area contributed by atoms with E-state index in [1.807, 2.05) is 41.8 Å². The molecule has 118 valence electrons. The van der Waals surface area contributed by atoms with Gasteiger partial charge in [0, 0.05) is 23.2 Å². The summed E-state index contributed by atoms with van der Waals surface area (Å²) >= 11 is 1.32. The van der Waals surface area contributed by atoms with Crippen LogP contribution in [0, 0.1) is 23.0 Å². The first-order chi connectivity index (χ1) is 11.7. The predicted molar refractivity (Wildman–Crippen MR) is 91.1 cm³/mol. The van der Waals surface area contributed by atoms with Crippen LogP contribution >= 0.6 is 11.3 Å². The number of nitrogens with one attached hydrogen (secondary N) is 1. The summed E-state index contributed by atoms with van der Waals surface area (Å²) in [5, 5.41) is 14.4. The van der Waals surface area contributed by atoms with E-state index in [4.69, 9.17) is 0 Å². The molecule has 3 rings (SSSR count). The number of nitrogens with zero attached hydrogens (tertiary/aromatic N) is 2. The highest BCUT2D eigenvalue weighted by atomic mass is 32.1. The Kier molecular flexibility index (Phi) is 4.64. The number of nitriles is 1. The van der Waals surface area contributed by atoms with E-state index in [0.717, 1.165) is 23.4 Å². The topological polar surface area (TPSA) is 48.7 Å². The van der Waals surface area contributed by atoms with E-state index in [2.05, 4.69) is 10.3 Å². The Balaban J connectivity index is 1.84. The maximum atomic E-state index is 13.6. The number of thiazole rings is 1. The first kappa shape index (κ1) is 15.8. The van der Waals surface area contributed by atoms with Gasteiger partial charge in [-0.15, -0.1) is 11.3 Å². The standard InChI is InChI=1S/C18H11F2N3S/c19-14-6-7-16(15(20)8-14)22-10-13(9-21)18-23-17(11-24-18)12-4-2-1-3-5-12/h1-8,10-11,22H/b13-10+. The lowest BCUT2D eigenvalue weighted by molar-refractivity contribution is 0.586. The summed E-state index contributed by atoms with van der Waals surface area (Å²) in [6.07, 6.45) is 1.37. The predicted octanol–water partition coefficient (Wildman–Crippen LogP) is 5.06. The molecule has 0 aliphatic heterocycles. The highest BCUT2D eigenvalue weighted by molar-refractivity contribution is 7.11. The summed E-state index contributed by atoms with van der Waals surface area (Å²) < 4.78 is 26.5. The van der Waals surface area contributed by atoms with Crippen molar-refractivity contribution in [1.29, 1.82) is 5.26 Å². The van der Waals surface area contributed by atoms with Crippen LogP contribution in [0.3, 0.4) is 0 Å². The summed E-state index contributed by atoms with van der Waals surface area (Å²) in [6.45, 7) is 0. The molecule has 1 aromatic heterocycles. The van der Waals surface area contributed by atoms with Crippen molar-refractivity contribution in [2.24, 2.45) is 0 Å². The third-order valence-electron chi connectivity index (χ3n) is 3.23. The van der Waals surface area contributed by atoms with Gasteiger partial charge in [-0.2, -0.15) is 5.26 Å². The van der Waals surface area contributed by atoms with Crippen LogP contribution in [0.4, 0.5) is 14.5 Å². The van der Waals surface area contributed by atoms with Crippen molar-refractivity contribution >= 4 is 22.6 Å². The van der Waals surface area contributed by atoms with Crippen molar-refractivity contribution in [2.75, 3.05) is 5.32 Å². The Hall–Kier alpha value is -3.04. The highest BCUT2D eigenvalue weighted by Crippen LogP contribution is 2.26. The number of hydrogen-bond acceptors (Lipinski definition) is 4. The van der Waals surface area contributed by atoms with Gasteiger partial charge in [-0.05, 0) is 12.1 Å². The lowest BCUT2D eigenvalue weighted by Gasteiger charge is -2.03. The molecule has 6 heteroatoms. The van der Waals surface area contributed by atoms with Crippen LogP contribution in [-0.4, -0.2) is 4.98 Å². The summed E-state index contributed by atoms with van der Waals surface area (Å²) in [5.74, 6) is -1.39. The molecule has 2 aromatic carbocycles. The molecule has 1 N–H and O–H groups in total. The first-order valence-electron chi connectivity index (χ1n) is 7.00. The second-order valence-electron chi connectivity index (χ2n) is 4.84. The largest absolute Gasteiger partial charge is 0.358 e. The van der Waals surface area contributed by atoms with Crippen LogP contribution in [0.1, 0.15) is 5.01 Å². The first-order valence-corrected chi connectivity index (χ1v) is 7.88. The van der Waals surface area contributed by atoms with Gasteiger partial charge in [0.25, 0.3) is 0 Å². The third-order valence-corrected chi connectivity index (χ3v) is 4.10. The zero-order chi connectivity index (χ0) is 16.9. The van der Waals surface area contributed by atoms with E-state index in [-0.39, 0.29) is 11.3 Å². The summed E-state index contributed by atoms with van der Waals surface area (Å²) in [7, 11) is 0. The zero-order valence-corrected chi connectivity index (χ0v) is 13.1. The smallest absolute Gasteiger partial charge is 0.149 e. The molecule has 0 atom stereocenters. The number of hydrogen-bond donors (Lipinski definition) is 1. The summed E-state index contributed by atoms with van der Waals surface area (Å²) in [6, 6.07) is 14.8. The van der Waals surface area contributed by atoms with Gasteiger partial charge in [-0.1, -0.05) is 30.3 Å². The average Bonchev–Trinajstić information content (AvgIpc) is 3.08. The third kappa shape index (κ3) is 3.47. The van der Waals surface area contributed by atoms with E-state index in [0.29, 0.717) is 5.01 Å². The molecule has 3 nitrogen and oxygen atoms in total. The highest BCUT2D eigenvalue weighted by Gasteiger charge is 2.09. The maximum Gasteiger partial charge on any atom is 0.149 e.